The maximum absolute atomic E-state index is 11.8. The van der Waals surface area contributed by atoms with Crippen molar-refractivity contribution in [3.05, 3.63) is 28.7 Å². The second kappa shape index (κ2) is 6.49. The van der Waals surface area contributed by atoms with Crippen LogP contribution in [0.4, 0.5) is 0 Å². The highest BCUT2D eigenvalue weighted by Crippen LogP contribution is 2.12. The predicted molar refractivity (Wildman–Crippen MR) is 72.0 cm³/mol. The number of hydrogen-bond acceptors (Lipinski definition) is 7. The van der Waals surface area contributed by atoms with Crippen LogP contribution in [0, 0.1) is 20.8 Å². The standard InChI is InChI=1S/C13H18N4O4/c1-8-10(3)21-11(14-8)7-17-9(2)12(15-16-17)13(18)20-6-5-19-4/h5-7H2,1-4H3. The van der Waals surface area contributed by atoms with E-state index in [1.165, 1.54) is 7.11 Å². The third kappa shape index (κ3) is 3.46. The summed E-state index contributed by atoms with van der Waals surface area (Å²) in [5.74, 6) is 0.773. The lowest BCUT2D eigenvalue weighted by Crippen LogP contribution is -2.12. The summed E-state index contributed by atoms with van der Waals surface area (Å²) in [6, 6.07) is 0. The third-order valence-electron chi connectivity index (χ3n) is 3.05. The van der Waals surface area contributed by atoms with Crippen LogP contribution in [-0.4, -0.2) is 46.3 Å². The summed E-state index contributed by atoms with van der Waals surface area (Å²) >= 11 is 0. The highest BCUT2D eigenvalue weighted by molar-refractivity contribution is 5.88. The van der Waals surface area contributed by atoms with E-state index in [4.69, 9.17) is 13.9 Å². The summed E-state index contributed by atoms with van der Waals surface area (Å²) in [7, 11) is 1.54. The fourth-order valence-corrected chi connectivity index (χ4v) is 1.72. The van der Waals surface area contributed by atoms with Gasteiger partial charge in [0.2, 0.25) is 5.89 Å². The molecule has 0 spiro atoms. The molecule has 0 amide bonds. The smallest absolute Gasteiger partial charge is 0.360 e. The zero-order chi connectivity index (χ0) is 15.4. The first-order valence-electron chi connectivity index (χ1n) is 6.52. The van der Waals surface area contributed by atoms with E-state index in [0.29, 0.717) is 24.7 Å². The van der Waals surface area contributed by atoms with Crippen LogP contribution < -0.4 is 0 Å². The lowest BCUT2D eigenvalue weighted by molar-refractivity contribution is 0.0380. The summed E-state index contributed by atoms with van der Waals surface area (Å²) in [6.45, 7) is 6.30. The molecule has 0 fully saturated rings. The van der Waals surface area contributed by atoms with Crippen molar-refractivity contribution in [1.82, 2.24) is 20.0 Å². The first-order chi connectivity index (χ1) is 10.0. The van der Waals surface area contributed by atoms with Crippen molar-refractivity contribution in [1.29, 1.82) is 0 Å². The van der Waals surface area contributed by atoms with Crippen LogP contribution in [0.3, 0.4) is 0 Å². The molecule has 2 aromatic rings. The number of nitrogens with zero attached hydrogens (tertiary/aromatic N) is 4. The van der Waals surface area contributed by atoms with E-state index in [-0.39, 0.29) is 12.3 Å². The van der Waals surface area contributed by atoms with Gasteiger partial charge in [-0.3, -0.25) is 0 Å². The SMILES string of the molecule is COCCOC(=O)c1nnn(Cc2nc(C)c(C)o2)c1C. The van der Waals surface area contributed by atoms with Crippen molar-refractivity contribution in [2.24, 2.45) is 0 Å². The molecule has 0 bridgehead atoms. The maximum Gasteiger partial charge on any atom is 0.360 e. The van der Waals surface area contributed by atoms with Gasteiger partial charge in [-0.1, -0.05) is 5.21 Å². The Morgan fingerprint density at radius 1 is 1.29 bits per heavy atom. The lowest BCUT2D eigenvalue weighted by atomic mass is 10.3. The van der Waals surface area contributed by atoms with Gasteiger partial charge in [-0.05, 0) is 20.8 Å². The molecule has 0 N–H and O–H groups in total. The molecule has 0 aliphatic heterocycles. The second-order valence-electron chi connectivity index (χ2n) is 4.56. The summed E-state index contributed by atoms with van der Waals surface area (Å²) in [5, 5.41) is 7.78. The number of carbonyl (C=O) groups is 1. The summed E-state index contributed by atoms with van der Waals surface area (Å²) in [5.41, 5.74) is 1.62. The Labute approximate surface area is 122 Å². The van der Waals surface area contributed by atoms with Gasteiger partial charge in [0.05, 0.1) is 18.0 Å². The fraction of sp³-hybridized carbons (Fsp3) is 0.538. The van der Waals surface area contributed by atoms with Crippen LogP contribution in [0.1, 0.15) is 33.5 Å². The van der Waals surface area contributed by atoms with Gasteiger partial charge in [0.25, 0.3) is 0 Å². The van der Waals surface area contributed by atoms with Gasteiger partial charge in [-0.15, -0.1) is 5.10 Å². The Bertz CT molecular complexity index is 613. The van der Waals surface area contributed by atoms with E-state index in [1.54, 1.807) is 11.6 Å². The van der Waals surface area contributed by atoms with Gasteiger partial charge >= 0.3 is 5.97 Å². The molecule has 0 saturated carbocycles. The fourth-order valence-electron chi connectivity index (χ4n) is 1.72. The molecule has 0 aromatic carbocycles. The van der Waals surface area contributed by atoms with Crippen molar-refractivity contribution in [3.63, 3.8) is 0 Å². The molecule has 0 aliphatic rings. The number of hydrogen-bond donors (Lipinski definition) is 0. The Balaban J connectivity index is 2.07. The van der Waals surface area contributed by atoms with E-state index in [9.17, 15) is 4.79 Å². The average molecular weight is 294 g/mol. The molecule has 2 heterocycles. The number of aryl methyl sites for hydroxylation is 2. The number of aromatic nitrogens is 4. The normalized spacial score (nSPS) is 10.9. The minimum absolute atomic E-state index is 0.180. The molecule has 8 nitrogen and oxygen atoms in total. The van der Waals surface area contributed by atoms with Crippen molar-refractivity contribution in [2.75, 3.05) is 20.3 Å². The van der Waals surface area contributed by atoms with Crippen LogP contribution in [0.15, 0.2) is 4.42 Å². The molecule has 0 aliphatic carbocycles. The topological polar surface area (TPSA) is 92.3 Å². The van der Waals surface area contributed by atoms with Gasteiger partial charge in [-0.2, -0.15) is 0 Å². The van der Waals surface area contributed by atoms with Crippen molar-refractivity contribution < 1.29 is 18.7 Å². The zero-order valence-electron chi connectivity index (χ0n) is 12.5. The molecule has 0 saturated heterocycles. The number of esters is 1. The summed E-state index contributed by atoms with van der Waals surface area (Å²) < 4.78 is 16.9. The van der Waals surface area contributed by atoms with Crippen LogP contribution in [0.5, 0.6) is 0 Å². The van der Waals surface area contributed by atoms with Crippen molar-refractivity contribution in [3.8, 4) is 0 Å². The van der Waals surface area contributed by atoms with Gasteiger partial charge in [-0.25, -0.2) is 14.5 Å². The lowest BCUT2D eigenvalue weighted by Gasteiger charge is -2.03. The third-order valence-corrected chi connectivity index (χ3v) is 3.05. The predicted octanol–water partition coefficient (Wildman–Crippen LogP) is 1.04. The highest BCUT2D eigenvalue weighted by Gasteiger charge is 2.19. The summed E-state index contributed by atoms with van der Waals surface area (Å²) in [6.07, 6.45) is 0. The molecule has 114 valence electrons. The van der Waals surface area contributed by atoms with Crippen molar-refractivity contribution >= 4 is 5.97 Å². The van der Waals surface area contributed by atoms with E-state index in [0.717, 1.165) is 11.5 Å². The molecular formula is C13H18N4O4. The molecule has 2 aromatic heterocycles. The van der Waals surface area contributed by atoms with Crippen LogP contribution in [0.25, 0.3) is 0 Å². The zero-order valence-corrected chi connectivity index (χ0v) is 12.5. The Hall–Kier alpha value is -2.22. The maximum atomic E-state index is 11.8. The Morgan fingerprint density at radius 2 is 2.05 bits per heavy atom. The van der Waals surface area contributed by atoms with Gasteiger partial charge in [0.1, 0.15) is 18.9 Å². The van der Waals surface area contributed by atoms with Crippen molar-refractivity contribution in [2.45, 2.75) is 27.3 Å². The quantitative estimate of drug-likeness (QED) is 0.580. The molecule has 0 radical (unpaired) electrons. The van der Waals surface area contributed by atoms with E-state index in [1.807, 2.05) is 13.8 Å². The van der Waals surface area contributed by atoms with E-state index < -0.39 is 5.97 Å². The van der Waals surface area contributed by atoms with Gasteiger partial charge in [0.15, 0.2) is 5.69 Å². The monoisotopic (exact) mass is 294 g/mol. The minimum atomic E-state index is -0.518. The second-order valence-corrected chi connectivity index (χ2v) is 4.56. The first-order valence-corrected chi connectivity index (χ1v) is 6.52. The first kappa shape index (κ1) is 15.2. The van der Waals surface area contributed by atoms with Crippen LogP contribution >= 0.6 is 0 Å². The molecule has 8 heteroatoms. The highest BCUT2D eigenvalue weighted by atomic mass is 16.6. The number of oxazole rings is 1. The van der Waals surface area contributed by atoms with E-state index >= 15 is 0 Å². The summed E-state index contributed by atoms with van der Waals surface area (Å²) in [4.78, 5) is 16.1. The molecule has 2 rings (SSSR count). The van der Waals surface area contributed by atoms with Crippen LogP contribution in [0.2, 0.25) is 0 Å². The minimum Gasteiger partial charge on any atom is -0.458 e. The number of methoxy groups -OCH3 is 1. The molecule has 0 unspecified atom stereocenters. The van der Waals surface area contributed by atoms with E-state index in [2.05, 4.69) is 15.3 Å². The number of carbonyl (C=O) groups excluding carboxylic acids is 1. The molecule has 0 atom stereocenters. The van der Waals surface area contributed by atoms with Gasteiger partial charge in [0, 0.05) is 7.11 Å². The van der Waals surface area contributed by atoms with Gasteiger partial charge < -0.3 is 13.9 Å². The number of rotatable bonds is 6. The molecule has 21 heavy (non-hydrogen) atoms. The number of ether oxygens (including phenoxy) is 2. The Morgan fingerprint density at radius 3 is 2.67 bits per heavy atom. The van der Waals surface area contributed by atoms with Crippen LogP contribution in [-0.2, 0) is 16.0 Å². The molecular weight excluding hydrogens is 276 g/mol. The Kier molecular flexibility index (Phi) is 4.69. The average Bonchev–Trinajstić information content (AvgIpc) is 2.95. The largest absolute Gasteiger partial charge is 0.458 e.